The van der Waals surface area contributed by atoms with Crippen LogP contribution < -0.4 is 9.64 Å². The Morgan fingerprint density at radius 1 is 1.03 bits per heavy atom. The minimum absolute atomic E-state index is 0.00619. The predicted molar refractivity (Wildman–Crippen MR) is 142 cm³/mol. The lowest BCUT2D eigenvalue weighted by Gasteiger charge is -2.36. The summed E-state index contributed by atoms with van der Waals surface area (Å²) in [6.07, 6.45) is 2.69. The Hall–Kier alpha value is -2.27. The molecule has 36 heavy (non-hydrogen) atoms. The van der Waals surface area contributed by atoms with E-state index in [-0.39, 0.29) is 34.1 Å². The van der Waals surface area contributed by atoms with Crippen molar-refractivity contribution in [1.29, 1.82) is 0 Å². The molecule has 0 N–H and O–H groups in total. The maximum absolute atomic E-state index is 13.5. The fraction of sp³-hybridized carbons (Fsp3) is 0.542. The fourth-order valence-electron chi connectivity index (χ4n) is 2.82. The van der Waals surface area contributed by atoms with Crippen LogP contribution in [0.4, 0.5) is 5.69 Å². The molecule has 12 heteroatoms. The molecule has 0 saturated carbocycles. The van der Waals surface area contributed by atoms with Crippen LogP contribution in [0.5, 0.6) is 5.88 Å². The second-order valence-electron chi connectivity index (χ2n) is 10.4. The van der Waals surface area contributed by atoms with Crippen molar-refractivity contribution < 1.29 is 23.5 Å². The van der Waals surface area contributed by atoms with Gasteiger partial charge in [0.2, 0.25) is 5.88 Å². The van der Waals surface area contributed by atoms with Crippen molar-refractivity contribution in [2.45, 2.75) is 52.8 Å². The highest BCUT2D eigenvalue weighted by atomic mass is 35.5. The van der Waals surface area contributed by atoms with E-state index in [1.165, 1.54) is 24.5 Å². The summed E-state index contributed by atoms with van der Waals surface area (Å²) in [6, 6.07) is 3.30. The lowest BCUT2D eigenvalue weighted by atomic mass is 9.95. The van der Waals surface area contributed by atoms with Gasteiger partial charge in [-0.25, -0.2) is 15.0 Å². The van der Waals surface area contributed by atoms with Gasteiger partial charge in [0.15, 0.2) is 8.32 Å². The molecular formula is C24H34Cl2N4O5Si. The van der Waals surface area contributed by atoms with Crippen LogP contribution >= 0.6 is 23.2 Å². The smallest absolute Gasteiger partial charge is 0.314 e. The maximum Gasteiger partial charge on any atom is 0.314 e. The van der Waals surface area contributed by atoms with E-state index in [0.29, 0.717) is 18.2 Å². The summed E-state index contributed by atoms with van der Waals surface area (Å²) in [5.74, 6) is -0.581. The number of rotatable bonds is 10. The fourth-order valence-corrected chi connectivity index (χ4v) is 4.33. The lowest BCUT2D eigenvalue weighted by molar-refractivity contribution is -0.152. The standard InChI is InChI=1S/C24H34Cl2N4O5Si/c1-23(2,3)36(7,8)35-12-11-30(21(31)18-19(25)28-15-29-20(18)26)16-9-10-17(27-13-16)34-14-24(4,5)22(32)33-6/h9-10,13,15H,11-12,14H2,1-8H3. The molecule has 0 fully saturated rings. The molecule has 0 atom stereocenters. The van der Waals surface area contributed by atoms with Gasteiger partial charge in [-0.05, 0) is 38.0 Å². The van der Waals surface area contributed by atoms with Crippen LogP contribution in [0, 0.1) is 5.41 Å². The first-order chi connectivity index (χ1) is 16.6. The number of ether oxygens (including phenoxy) is 2. The normalized spacial score (nSPS) is 12.3. The van der Waals surface area contributed by atoms with Crippen LogP contribution in [0.25, 0.3) is 0 Å². The van der Waals surface area contributed by atoms with Crippen LogP contribution in [-0.4, -0.2) is 62.0 Å². The summed E-state index contributed by atoms with van der Waals surface area (Å²) in [6.45, 7) is 14.7. The summed E-state index contributed by atoms with van der Waals surface area (Å²) in [7, 11) is -0.720. The highest BCUT2D eigenvalue weighted by Gasteiger charge is 2.37. The average molecular weight is 558 g/mol. The number of amides is 1. The topological polar surface area (TPSA) is 104 Å². The van der Waals surface area contributed by atoms with Crippen molar-refractivity contribution in [3.8, 4) is 5.88 Å². The molecule has 0 bridgehead atoms. The van der Waals surface area contributed by atoms with Gasteiger partial charge in [0, 0.05) is 12.6 Å². The number of carbonyl (C=O) groups excluding carboxylic acids is 2. The molecule has 0 spiro atoms. The largest absolute Gasteiger partial charge is 0.476 e. The van der Waals surface area contributed by atoms with Crippen LogP contribution in [0.15, 0.2) is 24.7 Å². The zero-order chi connectivity index (χ0) is 27.3. The zero-order valence-corrected chi connectivity index (χ0v) is 24.5. The van der Waals surface area contributed by atoms with Crippen LogP contribution in [0.1, 0.15) is 45.0 Å². The van der Waals surface area contributed by atoms with Crippen molar-refractivity contribution in [3.05, 3.63) is 40.5 Å². The van der Waals surface area contributed by atoms with E-state index in [1.54, 1.807) is 26.0 Å². The molecule has 198 valence electrons. The number of pyridine rings is 1. The SMILES string of the molecule is COC(=O)C(C)(C)COc1ccc(N(CCO[Si](C)(C)C(C)(C)C)C(=O)c2c(Cl)ncnc2Cl)cn1. The third-order valence-corrected chi connectivity index (χ3v) is 11.3. The summed E-state index contributed by atoms with van der Waals surface area (Å²) < 4.78 is 16.8. The summed E-state index contributed by atoms with van der Waals surface area (Å²) in [5, 5.41) is -0.0817. The minimum atomic E-state index is -2.05. The predicted octanol–water partition coefficient (Wildman–Crippen LogP) is 5.43. The average Bonchev–Trinajstić information content (AvgIpc) is 2.79. The van der Waals surface area contributed by atoms with Crippen molar-refractivity contribution >= 4 is 49.1 Å². The van der Waals surface area contributed by atoms with E-state index in [2.05, 4.69) is 48.8 Å². The number of nitrogens with zero attached hydrogens (tertiary/aromatic N) is 4. The maximum atomic E-state index is 13.5. The monoisotopic (exact) mass is 556 g/mol. The van der Waals surface area contributed by atoms with Crippen molar-refractivity contribution in [2.75, 3.05) is 31.8 Å². The molecule has 2 heterocycles. The van der Waals surface area contributed by atoms with Gasteiger partial charge in [-0.2, -0.15) is 0 Å². The summed E-state index contributed by atoms with van der Waals surface area (Å²) in [5.41, 5.74) is -0.373. The molecule has 2 aromatic rings. The Morgan fingerprint density at radius 3 is 2.14 bits per heavy atom. The second kappa shape index (κ2) is 11.8. The third-order valence-electron chi connectivity index (χ3n) is 6.15. The molecule has 0 aromatic carbocycles. The van der Waals surface area contributed by atoms with Crippen molar-refractivity contribution in [2.24, 2.45) is 5.41 Å². The van der Waals surface area contributed by atoms with Crippen LogP contribution in [-0.2, 0) is 14.0 Å². The molecule has 0 unspecified atom stereocenters. The Kier molecular flexibility index (Phi) is 9.86. The molecule has 1 amide bonds. The summed E-state index contributed by atoms with van der Waals surface area (Å²) >= 11 is 12.4. The van der Waals surface area contributed by atoms with Crippen LogP contribution in [0.3, 0.4) is 0 Å². The number of anilines is 1. The van der Waals surface area contributed by atoms with Gasteiger partial charge >= 0.3 is 5.97 Å². The van der Waals surface area contributed by atoms with Gasteiger partial charge in [-0.1, -0.05) is 44.0 Å². The Morgan fingerprint density at radius 2 is 1.64 bits per heavy atom. The summed E-state index contributed by atoms with van der Waals surface area (Å²) in [4.78, 5) is 39.0. The molecule has 0 aliphatic heterocycles. The molecule has 2 rings (SSSR count). The molecule has 0 saturated heterocycles. The van der Waals surface area contributed by atoms with E-state index < -0.39 is 25.6 Å². The number of esters is 1. The molecule has 2 aromatic heterocycles. The number of hydrogen-bond donors (Lipinski definition) is 0. The number of methoxy groups -OCH3 is 1. The Balaban J connectivity index is 2.29. The first-order valence-electron chi connectivity index (χ1n) is 11.4. The Bertz CT molecular complexity index is 1050. The number of halogens is 2. The molecule has 9 nitrogen and oxygen atoms in total. The van der Waals surface area contributed by atoms with E-state index in [9.17, 15) is 9.59 Å². The molecule has 0 aliphatic carbocycles. The van der Waals surface area contributed by atoms with Gasteiger partial charge in [-0.3, -0.25) is 9.59 Å². The Labute approximate surface area is 223 Å². The first-order valence-corrected chi connectivity index (χ1v) is 15.1. The highest BCUT2D eigenvalue weighted by Crippen LogP contribution is 2.36. The molecule has 0 radical (unpaired) electrons. The lowest BCUT2D eigenvalue weighted by Crippen LogP contribution is -2.43. The molecular weight excluding hydrogens is 523 g/mol. The number of hydrogen-bond acceptors (Lipinski definition) is 8. The van der Waals surface area contributed by atoms with Crippen LogP contribution in [0.2, 0.25) is 28.4 Å². The van der Waals surface area contributed by atoms with E-state index in [4.69, 9.17) is 37.1 Å². The third kappa shape index (κ3) is 7.38. The van der Waals surface area contributed by atoms with E-state index >= 15 is 0 Å². The quantitative estimate of drug-likeness (QED) is 0.217. The second-order valence-corrected chi connectivity index (χ2v) is 15.9. The van der Waals surface area contributed by atoms with Gasteiger partial charge in [-0.15, -0.1) is 0 Å². The van der Waals surface area contributed by atoms with Crippen molar-refractivity contribution in [1.82, 2.24) is 15.0 Å². The minimum Gasteiger partial charge on any atom is -0.476 e. The van der Waals surface area contributed by atoms with Gasteiger partial charge in [0.25, 0.3) is 5.91 Å². The van der Waals surface area contributed by atoms with E-state index in [1.807, 2.05) is 0 Å². The zero-order valence-electron chi connectivity index (χ0n) is 22.0. The highest BCUT2D eigenvalue weighted by molar-refractivity contribution is 6.74. The van der Waals surface area contributed by atoms with Gasteiger partial charge in [0.05, 0.1) is 31.0 Å². The molecule has 0 aliphatic rings. The van der Waals surface area contributed by atoms with Gasteiger partial charge < -0.3 is 18.8 Å². The van der Waals surface area contributed by atoms with Crippen molar-refractivity contribution in [3.63, 3.8) is 0 Å². The number of carbonyl (C=O) groups is 2. The first kappa shape index (κ1) is 30.0. The van der Waals surface area contributed by atoms with Gasteiger partial charge in [0.1, 0.15) is 28.8 Å². The van der Waals surface area contributed by atoms with E-state index in [0.717, 1.165) is 0 Å². The number of aromatic nitrogens is 3.